The average Bonchev–Trinajstić information content (AvgIpc) is 3.22. The van der Waals surface area contributed by atoms with Gasteiger partial charge in [0, 0.05) is 25.5 Å². The summed E-state index contributed by atoms with van der Waals surface area (Å²) >= 11 is 0. The first-order valence-electron chi connectivity index (χ1n) is 7.86. The van der Waals surface area contributed by atoms with E-state index in [2.05, 4.69) is 22.4 Å². The molecule has 4 rings (SSSR count). The number of carbonyl (C=O) groups excluding carboxylic acids is 1. The number of nitrogens with one attached hydrogen (secondary N) is 1. The highest BCUT2D eigenvalue weighted by molar-refractivity contribution is 5.85. The number of fused-ring (bicyclic) bond motifs is 1. The van der Waals surface area contributed by atoms with Crippen molar-refractivity contribution in [3.63, 3.8) is 0 Å². The van der Waals surface area contributed by atoms with E-state index in [1.54, 1.807) is 12.4 Å². The summed E-state index contributed by atoms with van der Waals surface area (Å²) in [5.74, 6) is 0.198. The van der Waals surface area contributed by atoms with E-state index in [0.29, 0.717) is 0 Å². The van der Waals surface area contributed by atoms with Crippen molar-refractivity contribution < 1.29 is 4.79 Å². The van der Waals surface area contributed by atoms with Crippen LogP contribution in [0.2, 0.25) is 0 Å². The molecular formula is C18H19N3O. The Morgan fingerprint density at radius 1 is 1.18 bits per heavy atom. The van der Waals surface area contributed by atoms with E-state index in [-0.39, 0.29) is 18.0 Å². The first kappa shape index (κ1) is 13.5. The van der Waals surface area contributed by atoms with Gasteiger partial charge in [0.25, 0.3) is 0 Å². The Hall–Kier alpha value is -2.20. The molecule has 2 aliphatic heterocycles. The van der Waals surface area contributed by atoms with Crippen LogP contribution in [0.4, 0.5) is 0 Å². The zero-order valence-corrected chi connectivity index (χ0v) is 12.4. The topological polar surface area (TPSA) is 45.2 Å². The number of amides is 1. The van der Waals surface area contributed by atoms with Crippen molar-refractivity contribution in [1.82, 2.24) is 15.2 Å². The summed E-state index contributed by atoms with van der Waals surface area (Å²) in [5, 5.41) is 3.37. The van der Waals surface area contributed by atoms with Crippen LogP contribution in [0, 0.1) is 0 Å². The van der Waals surface area contributed by atoms with E-state index >= 15 is 0 Å². The second kappa shape index (κ2) is 5.54. The maximum absolute atomic E-state index is 13.0. The van der Waals surface area contributed by atoms with E-state index in [1.165, 1.54) is 11.1 Å². The van der Waals surface area contributed by atoms with E-state index in [1.807, 2.05) is 29.2 Å². The zero-order valence-electron chi connectivity index (χ0n) is 12.4. The first-order chi connectivity index (χ1) is 10.8. The van der Waals surface area contributed by atoms with Crippen molar-refractivity contribution in [1.29, 1.82) is 0 Å². The van der Waals surface area contributed by atoms with Crippen molar-refractivity contribution in [2.24, 2.45) is 0 Å². The molecule has 1 aromatic carbocycles. The standard InChI is InChI=1S/C18H19N3O/c22-18(17-15-5-2-1-4-14(15)12-20-17)21-11-3-6-16(21)13-7-9-19-10-8-13/h1-2,4-5,7-10,16-17,20H,3,6,11-12H2. The Labute approximate surface area is 130 Å². The maximum atomic E-state index is 13.0. The van der Waals surface area contributed by atoms with Crippen molar-refractivity contribution in [2.75, 3.05) is 6.54 Å². The molecule has 2 atom stereocenters. The molecule has 1 aromatic heterocycles. The smallest absolute Gasteiger partial charge is 0.244 e. The summed E-state index contributed by atoms with van der Waals surface area (Å²) in [6.07, 6.45) is 5.70. The van der Waals surface area contributed by atoms with Crippen LogP contribution in [0.5, 0.6) is 0 Å². The van der Waals surface area contributed by atoms with Crippen LogP contribution in [-0.4, -0.2) is 22.3 Å². The Kier molecular flexibility index (Phi) is 3.39. The highest BCUT2D eigenvalue weighted by Crippen LogP contribution is 2.35. The number of likely N-dealkylation sites (tertiary alicyclic amines) is 1. The predicted octanol–water partition coefficient (Wildman–Crippen LogP) is 2.59. The molecule has 1 amide bonds. The lowest BCUT2D eigenvalue weighted by molar-refractivity contribution is -0.134. The summed E-state index contributed by atoms with van der Waals surface area (Å²) in [6, 6.07) is 12.2. The Morgan fingerprint density at radius 2 is 2.00 bits per heavy atom. The number of carbonyl (C=O) groups is 1. The fraction of sp³-hybridized carbons (Fsp3) is 0.333. The second-order valence-electron chi connectivity index (χ2n) is 5.98. The predicted molar refractivity (Wildman–Crippen MR) is 83.9 cm³/mol. The Bertz CT molecular complexity index is 686. The number of aromatic nitrogens is 1. The van der Waals surface area contributed by atoms with Crippen LogP contribution in [0.15, 0.2) is 48.8 Å². The van der Waals surface area contributed by atoms with Crippen molar-refractivity contribution >= 4 is 5.91 Å². The molecule has 4 heteroatoms. The lowest BCUT2D eigenvalue weighted by Crippen LogP contribution is -2.38. The summed E-state index contributed by atoms with van der Waals surface area (Å²) in [6.45, 7) is 1.62. The fourth-order valence-corrected chi connectivity index (χ4v) is 3.65. The van der Waals surface area contributed by atoms with Gasteiger partial charge < -0.3 is 4.90 Å². The number of hydrogen-bond acceptors (Lipinski definition) is 3. The molecule has 1 saturated heterocycles. The van der Waals surface area contributed by atoms with Gasteiger partial charge in [0.1, 0.15) is 6.04 Å². The molecule has 1 N–H and O–H groups in total. The van der Waals surface area contributed by atoms with E-state index in [4.69, 9.17) is 0 Å². The molecule has 0 bridgehead atoms. The van der Waals surface area contributed by atoms with Crippen LogP contribution < -0.4 is 5.32 Å². The number of pyridine rings is 1. The van der Waals surface area contributed by atoms with Gasteiger partial charge >= 0.3 is 0 Å². The lowest BCUT2D eigenvalue weighted by atomic mass is 10.0. The first-order valence-corrected chi connectivity index (χ1v) is 7.86. The lowest BCUT2D eigenvalue weighted by Gasteiger charge is -2.28. The third kappa shape index (κ3) is 2.20. The normalized spacial score (nSPS) is 23.5. The third-order valence-electron chi connectivity index (χ3n) is 4.74. The van der Waals surface area contributed by atoms with Gasteiger partial charge in [0.2, 0.25) is 5.91 Å². The highest BCUT2D eigenvalue weighted by Gasteiger charge is 2.37. The van der Waals surface area contributed by atoms with Gasteiger partial charge in [0.05, 0.1) is 6.04 Å². The van der Waals surface area contributed by atoms with Crippen LogP contribution >= 0.6 is 0 Å². The maximum Gasteiger partial charge on any atom is 0.244 e. The van der Waals surface area contributed by atoms with Gasteiger partial charge in [-0.25, -0.2) is 0 Å². The molecule has 112 valence electrons. The second-order valence-corrected chi connectivity index (χ2v) is 5.98. The highest BCUT2D eigenvalue weighted by atomic mass is 16.2. The number of nitrogens with zero attached hydrogens (tertiary/aromatic N) is 2. The minimum Gasteiger partial charge on any atom is -0.334 e. The van der Waals surface area contributed by atoms with Gasteiger partial charge in [-0.1, -0.05) is 24.3 Å². The summed E-state index contributed by atoms with van der Waals surface area (Å²) in [4.78, 5) is 19.2. The Balaban J connectivity index is 1.60. The minimum atomic E-state index is -0.196. The molecule has 0 aliphatic carbocycles. The van der Waals surface area contributed by atoms with Gasteiger partial charge in [-0.3, -0.25) is 15.1 Å². The van der Waals surface area contributed by atoms with Gasteiger partial charge in [-0.2, -0.15) is 0 Å². The quantitative estimate of drug-likeness (QED) is 0.925. The number of rotatable bonds is 2. The molecule has 22 heavy (non-hydrogen) atoms. The zero-order chi connectivity index (χ0) is 14.9. The molecule has 2 aromatic rings. The Morgan fingerprint density at radius 3 is 2.86 bits per heavy atom. The molecule has 4 nitrogen and oxygen atoms in total. The molecule has 0 saturated carbocycles. The monoisotopic (exact) mass is 293 g/mol. The number of hydrogen-bond donors (Lipinski definition) is 1. The van der Waals surface area contributed by atoms with E-state index in [9.17, 15) is 4.79 Å². The summed E-state index contributed by atoms with van der Waals surface area (Å²) in [5.41, 5.74) is 3.56. The third-order valence-corrected chi connectivity index (χ3v) is 4.74. The van der Waals surface area contributed by atoms with Crippen LogP contribution in [0.25, 0.3) is 0 Å². The van der Waals surface area contributed by atoms with Crippen molar-refractivity contribution in [3.05, 3.63) is 65.5 Å². The molecule has 2 unspecified atom stereocenters. The molecule has 2 aliphatic rings. The largest absolute Gasteiger partial charge is 0.334 e. The molecule has 0 radical (unpaired) electrons. The SMILES string of the molecule is O=C(C1NCc2ccccc21)N1CCCC1c1ccncc1. The van der Waals surface area contributed by atoms with Crippen LogP contribution in [0.1, 0.15) is 41.6 Å². The van der Waals surface area contributed by atoms with Crippen molar-refractivity contribution in [3.8, 4) is 0 Å². The molecule has 1 fully saturated rings. The summed E-state index contributed by atoms with van der Waals surface area (Å²) in [7, 11) is 0. The molecular weight excluding hydrogens is 274 g/mol. The van der Waals surface area contributed by atoms with Crippen LogP contribution in [0.3, 0.4) is 0 Å². The fourth-order valence-electron chi connectivity index (χ4n) is 3.65. The summed E-state index contributed by atoms with van der Waals surface area (Å²) < 4.78 is 0. The van der Waals surface area contributed by atoms with E-state index < -0.39 is 0 Å². The van der Waals surface area contributed by atoms with Crippen molar-refractivity contribution in [2.45, 2.75) is 31.5 Å². The average molecular weight is 293 g/mol. The molecule has 3 heterocycles. The van der Waals surface area contributed by atoms with E-state index in [0.717, 1.165) is 31.5 Å². The van der Waals surface area contributed by atoms with Crippen LogP contribution in [-0.2, 0) is 11.3 Å². The molecule has 0 spiro atoms. The van der Waals surface area contributed by atoms with Gasteiger partial charge in [-0.15, -0.1) is 0 Å². The van der Waals surface area contributed by atoms with Gasteiger partial charge in [-0.05, 0) is 41.7 Å². The number of benzene rings is 1. The minimum absolute atomic E-state index is 0.185. The van der Waals surface area contributed by atoms with Gasteiger partial charge in [0.15, 0.2) is 0 Å².